The summed E-state index contributed by atoms with van der Waals surface area (Å²) < 4.78 is 6.97. The molecule has 0 atom stereocenters. The maximum absolute atomic E-state index is 5.40. The summed E-state index contributed by atoms with van der Waals surface area (Å²) in [5.74, 6) is 6.50. The number of rotatable bonds is 6. The number of nitrogens with one attached hydrogen (secondary N) is 1. The van der Waals surface area contributed by atoms with Crippen LogP contribution in [-0.4, -0.2) is 31.3 Å². The minimum atomic E-state index is 0.346. The Morgan fingerprint density at radius 1 is 1.47 bits per heavy atom. The number of hydrogen-bond donors (Lipinski definition) is 2. The molecule has 0 aliphatic heterocycles. The summed E-state index contributed by atoms with van der Waals surface area (Å²) in [7, 11) is 1.82. The van der Waals surface area contributed by atoms with E-state index in [1.54, 1.807) is 10.7 Å². The summed E-state index contributed by atoms with van der Waals surface area (Å²) in [5, 5.41) is 5.47. The lowest BCUT2D eigenvalue weighted by Crippen LogP contribution is -2.11. The fourth-order valence-corrected chi connectivity index (χ4v) is 2.12. The predicted octanol–water partition coefficient (Wildman–Crippen LogP) is 0.578. The van der Waals surface area contributed by atoms with Crippen LogP contribution in [0.2, 0.25) is 0 Å². The number of hydrogen-bond acceptors (Lipinski definition) is 8. The van der Waals surface area contributed by atoms with E-state index in [0.29, 0.717) is 24.9 Å². The number of nitrogen functional groups attached to an aromatic ring is 1. The van der Waals surface area contributed by atoms with E-state index in [-0.39, 0.29) is 0 Å². The molecule has 0 amide bonds. The Balaban J connectivity index is 2.21. The zero-order chi connectivity index (χ0) is 13.7. The van der Waals surface area contributed by atoms with Crippen LogP contribution in [0.15, 0.2) is 22.6 Å². The van der Waals surface area contributed by atoms with Gasteiger partial charge in [-0.2, -0.15) is 5.10 Å². The summed E-state index contributed by atoms with van der Waals surface area (Å²) in [6.45, 7) is 2.87. The summed E-state index contributed by atoms with van der Waals surface area (Å²) >= 11 is 1.39. The molecule has 2 rings (SSSR count). The number of aryl methyl sites for hydroxylation is 1. The molecule has 19 heavy (non-hydrogen) atoms. The van der Waals surface area contributed by atoms with Crippen LogP contribution in [0.3, 0.4) is 0 Å². The zero-order valence-corrected chi connectivity index (χ0v) is 11.5. The molecule has 8 nitrogen and oxygen atoms in total. The second-order valence-corrected chi connectivity index (χ2v) is 4.54. The summed E-state index contributed by atoms with van der Waals surface area (Å²) in [6.07, 6.45) is 1.49. The second-order valence-electron chi connectivity index (χ2n) is 3.56. The molecule has 2 heterocycles. The first-order valence-electron chi connectivity index (χ1n) is 5.67. The Morgan fingerprint density at radius 3 is 2.95 bits per heavy atom. The lowest BCUT2D eigenvalue weighted by molar-refractivity contribution is 0.128. The molecule has 0 fully saturated rings. The fourth-order valence-electron chi connectivity index (χ4n) is 1.33. The first kappa shape index (κ1) is 13.7. The number of aromatic nitrogens is 5. The molecule has 0 aromatic carbocycles. The van der Waals surface area contributed by atoms with Gasteiger partial charge in [0.25, 0.3) is 0 Å². The molecule has 0 unspecified atom stereocenters. The van der Waals surface area contributed by atoms with Crippen LogP contribution in [0, 0.1) is 0 Å². The third-order valence-corrected chi connectivity index (χ3v) is 3.17. The third-order valence-electron chi connectivity index (χ3n) is 2.20. The Bertz CT molecular complexity index is 544. The highest BCUT2D eigenvalue weighted by molar-refractivity contribution is 7.99. The lowest BCUT2D eigenvalue weighted by Gasteiger charge is -2.07. The van der Waals surface area contributed by atoms with Crippen molar-refractivity contribution in [1.29, 1.82) is 0 Å². The Morgan fingerprint density at radius 2 is 2.32 bits per heavy atom. The molecule has 0 saturated heterocycles. The highest BCUT2D eigenvalue weighted by atomic mass is 32.2. The van der Waals surface area contributed by atoms with Gasteiger partial charge in [0.1, 0.15) is 23.8 Å². The number of anilines is 1. The van der Waals surface area contributed by atoms with Crippen molar-refractivity contribution in [1.82, 2.24) is 24.7 Å². The number of ether oxygens (including phenoxy) is 1. The van der Waals surface area contributed by atoms with Gasteiger partial charge in [0.05, 0.1) is 0 Å². The molecule has 0 radical (unpaired) electrons. The quantitative estimate of drug-likeness (QED) is 0.450. The van der Waals surface area contributed by atoms with Crippen LogP contribution < -0.4 is 11.3 Å². The van der Waals surface area contributed by atoms with Crippen molar-refractivity contribution in [3.05, 3.63) is 18.2 Å². The monoisotopic (exact) mass is 281 g/mol. The van der Waals surface area contributed by atoms with Crippen LogP contribution in [0.1, 0.15) is 12.7 Å². The van der Waals surface area contributed by atoms with E-state index >= 15 is 0 Å². The van der Waals surface area contributed by atoms with Crippen molar-refractivity contribution >= 4 is 17.6 Å². The highest BCUT2D eigenvalue weighted by Gasteiger charge is 2.09. The predicted molar refractivity (Wildman–Crippen MR) is 70.3 cm³/mol. The molecule has 9 heteroatoms. The molecule has 2 aromatic heterocycles. The average molecular weight is 281 g/mol. The van der Waals surface area contributed by atoms with Crippen LogP contribution in [-0.2, 0) is 18.4 Å². The Kier molecular flexibility index (Phi) is 4.66. The van der Waals surface area contributed by atoms with Gasteiger partial charge in [-0.3, -0.25) is 0 Å². The molecular formula is C10H15N7OS. The van der Waals surface area contributed by atoms with Gasteiger partial charge in [0, 0.05) is 19.7 Å². The number of nitrogens with two attached hydrogens (primary N) is 1. The van der Waals surface area contributed by atoms with E-state index in [1.807, 2.05) is 14.0 Å². The van der Waals surface area contributed by atoms with Crippen molar-refractivity contribution in [2.24, 2.45) is 12.9 Å². The molecule has 3 N–H and O–H groups in total. The van der Waals surface area contributed by atoms with E-state index in [4.69, 9.17) is 10.6 Å². The molecule has 2 aromatic rings. The smallest absolute Gasteiger partial charge is 0.192 e. The minimum Gasteiger partial charge on any atom is -0.374 e. The standard InChI is InChI=1S/C10H15N7OS/c1-3-18-5-8-14-7(16-11)4-9(15-8)19-10-12-6-13-17(10)2/h4,6H,3,5,11H2,1-2H3,(H,14,15,16). The molecule has 0 aliphatic rings. The van der Waals surface area contributed by atoms with E-state index in [0.717, 1.165) is 10.2 Å². The van der Waals surface area contributed by atoms with Gasteiger partial charge in [-0.05, 0) is 18.7 Å². The van der Waals surface area contributed by atoms with E-state index in [2.05, 4.69) is 25.5 Å². The van der Waals surface area contributed by atoms with Crippen molar-refractivity contribution in [2.75, 3.05) is 12.0 Å². The van der Waals surface area contributed by atoms with E-state index in [1.165, 1.54) is 18.1 Å². The largest absolute Gasteiger partial charge is 0.374 e. The van der Waals surface area contributed by atoms with Crippen molar-refractivity contribution in [2.45, 2.75) is 23.7 Å². The van der Waals surface area contributed by atoms with Crippen molar-refractivity contribution < 1.29 is 4.74 Å². The van der Waals surface area contributed by atoms with Gasteiger partial charge in [0.15, 0.2) is 11.0 Å². The van der Waals surface area contributed by atoms with E-state index in [9.17, 15) is 0 Å². The summed E-state index contributed by atoms with van der Waals surface area (Å²) in [6, 6.07) is 1.74. The van der Waals surface area contributed by atoms with Crippen LogP contribution in [0.5, 0.6) is 0 Å². The normalized spacial score (nSPS) is 10.7. The number of hydrazine groups is 1. The van der Waals surface area contributed by atoms with Crippen LogP contribution >= 0.6 is 11.8 Å². The average Bonchev–Trinajstić information content (AvgIpc) is 2.81. The summed E-state index contributed by atoms with van der Waals surface area (Å²) in [5.41, 5.74) is 2.52. The second kappa shape index (κ2) is 6.45. The van der Waals surface area contributed by atoms with Gasteiger partial charge in [0.2, 0.25) is 0 Å². The van der Waals surface area contributed by atoms with E-state index < -0.39 is 0 Å². The molecule has 0 aliphatic carbocycles. The maximum atomic E-state index is 5.40. The Hall–Kier alpha value is -1.71. The first-order valence-corrected chi connectivity index (χ1v) is 6.48. The molecule has 0 spiro atoms. The maximum Gasteiger partial charge on any atom is 0.192 e. The van der Waals surface area contributed by atoms with Crippen molar-refractivity contribution in [3.8, 4) is 0 Å². The molecular weight excluding hydrogens is 266 g/mol. The van der Waals surface area contributed by atoms with Gasteiger partial charge in [-0.15, -0.1) is 0 Å². The SMILES string of the molecule is CCOCc1nc(NN)cc(Sc2ncnn2C)n1. The van der Waals surface area contributed by atoms with Crippen molar-refractivity contribution in [3.63, 3.8) is 0 Å². The molecule has 0 bridgehead atoms. The van der Waals surface area contributed by atoms with Crippen LogP contribution in [0.25, 0.3) is 0 Å². The highest BCUT2D eigenvalue weighted by Crippen LogP contribution is 2.24. The first-order chi connectivity index (χ1) is 9.22. The van der Waals surface area contributed by atoms with Gasteiger partial charge in [-0.25, -0.2) is 25.5 Å². The topological polar surface area (TPSA) is 104 Å². The zero-order valence-electron chi connectivity index (χ0n) is 10.7. The minimum absolute atomic E-state index is 0.346. The summed E-state index contributed by atoms with van der Waals surface area (Å²) in [4.78, 5) is 12.7. The molecule has 0 saturated carbocycles. The number of nitrogens with zero attached hydrogens (tertiary/aromatic N) is 5. The Labute approximate surface area is 114 Å². The fraction of sp³-hybridized carbons (Fsp3) is 0.400. The van der Waals surface area contributed by atoms with Gasteiger partial charge < -0.3 is 10.2 Å². The third kappa shape index (κ3) is 3.63. The van der Waals surface area contributed by atoms with Gasteiger partial charge in [-0.1, -0.05) is 0 Å². The van der Waals surface area contributed by atoms with Crippen LogP contribution in [0.4, 0.5) is 5.82 Å². The van der Waals surface area contributed by atoms with Gasteiger partial charge >= 0.3 is 0 Å². The lowest BCUT2D eigenvalue weighted by atomic mass is 10.5. The molecule has 102 valence electrons.